The Hall–Kier alpha value is -3.68. The smallest absolute Gasteiger partial charge is 0.225 e. The average molecular weight is 451 g/mol. The third-order valence-electron chi connectivity index (χ3n) is 5.79. The molecule has 2 aromatic carbocycles. The number of carbonyl (C=O) groups excluding carboxylic acids is 1. The van der Waals surface area contributed by atoms with Crippen LogP contribution in [-0.2, 0) is 11.3 Å². The van der Waals surface area contributed by atoms with Crippen molar-refractivity contribution in [1.29, 1.82) is 0 Å². The number of ether oxygens (including phenoxy) is 2. The number of rotatable bonds is 7. The molecule has 1 saturated heterocycles. The first kappa shape index (κ1) is 22.5. The summed E-state index contributed by atoms with van der Waals surface area (Å²) in [6.07, 6.45) is 3.36. The maximum Gasteiger partial charge on any atom is 0.225 e. The van der Waals surface area contributed by atoms with Gasteiger partial charge in [0, 0.05) is 43.0 Å². The lowest BCUT2D eigenvalue weighted by Crippen LogP contribution is -2.43. The Labute approximate surface area is 192 Å². The Morgan fingerprint density at radius 3 is 2.85 bits per heavy atom. The first-order valence-electron chi connectivity index (χ1n) is 10.9. The van der Waals surface area contributed by atoms with Crippen LogP contribution in [0.3, 0.4) is 0 Å². The first-order chi connectivity index (χ1) is 16.1. The number of amides is 1. The lowest BCUT2D eigenvalue weighted by Gasteiger charge is -2.33. The van der Waals surface area contributed by atoms with Gasteiger partial charge in [-0.1, -0.05) is 12.1 Å². The molecule has 0 radical (unpaired) electrons. The van der Waals surface area contributed by atoms with Gasteiger partial charge in [-0.15, -0.1) is 0 Å². The maximum absolute atomic E-state index is 13.6. The second-order valence-corrected chi connectivity index (χ2v) is 7.93. The number of piperidine rings is 1. The third kappa shape index (κ3) is 5.39. The SMILES string of the molecule is COc1ccc(CNC(=O)C2CCCN(c3ccnc(-c4cccc(F)c4)n3)C2)c(OC)c1. The average Bonchev–Trinajstić information content (AvgIpc) is 2.87. The zero-order valence-electron chi connectivity index (χ0n) is 18.8. The second-order valence-electron chi connectivity index (χ2n) is 7.93. The summed E-state index contributed by atoms with van der Waals surface area (Å²) in [6, 6.07) is 13.6. The first-order valence-corrected chi connectivity index (χ1v) is 10.9. The molecule has 1 N–H and O–H groups in total. The lowest BCUT2D eigenvalue weighted by atomic mass is 9.97. The molecule has 7 nitrogen and oxygen atoms in total. The molecule has 1 aromatic heterocycles. The normalized spacial score (nSPS) is 15.7. The quantitative estimate of drug-likeness (QED) is 0.590. The number of carbonyl (C=O) groups is 1. The molecule has 1 aliphatic heterocycles. The predicted octanol–water partition coefficient (Wildman–Crippen LogP) is 3.83. The van der Waals surface area contributed by atoms with E-state index < -0.39 is 0 Å². The van der Waals surface area contributed by atoms with Crippen molar-refractivity contribution in [1.82, 2.24) is 15.3 Å². The summed E-state index contributed by atoms with van der Waals surface area (Å²) in [7, 11) is 3.20. The Balaban J connectivity index is 1.41. The summed E-state index contributed by atoms with van der Waals surface area (Å²) < 4.78 is 24.2. The molecule has 4 rings (SSSR count). The van der Waals surface area contributed by atoms with Gasteiger partial charge in [0.1, 0.15) is 23.1 Å². The monoisotopic (exact) mass is 450 g/mol. The summed E-state index contributed by atoms with van der Waals surface area (Å²) in [4.78, 5) is 23.9. The van der Waals surface area contributed by atoms with Crippen LogP contribution < -0.4 is 19.7 Å². The van der Waals surface area contributed by atoms with Crippen molar-refractivity contribution < 1.29 is 18.7 Å². The van der Waals surface area contributed by atoms with Gasteiger partial charge in [0.15, 0.2) is 5.82 Å². The van der Waals surface area contributed by atoms with Crippen molar-refractivity contribution in [3.8, 4) is 22.9 Å². The molecule has 0 bridgehead atoms. The maximum atomic E-state index is 13.6. The van der Waals surface area contributed by atoms with E-state index >= 15 is 0 Å². The van der Waals surface area contributed by atoms with Gasteiger partial charge in [0.2, 0.25) is 5.91 Å². The predicted molar refractivity (Wildman–Crippen MR) is 124 cm³/mol. The van der Waals surface area contributed by atoms with Crippen LogP contribution in [0.15, 0.2) is 54.7 Å². The molecule has 0 aliphatic carbocycles. The zero-order valence-corrected chi connectivity index (χ0v) is 18.8. The van der Waals surface area contributed by atoms with E-state index in [4.69, 9.17) is 9.47 Å². The number of halogens is 1. The minimum atomic E-state index is -0.329. The summed E-state index contributed by atoms with van der Waals surface area (Å²) >= 11 is 0. The standard InChI is InChI=1S/C25H27FN4O3/c1-32-21-9-8-18(22(14-21)33-2)15-28-25(31)19-6-4-12-30(16-19)23-10-11-27-24(29-23)17-5-3-7-20(26)13-17/h3,5,7-11,13-14,19H,4,6,12,15-16H2,1-2H3,(H,28,31). The third-order valence-corrected chi connectivity index (χ3v) is 5.79. The highest BCUT2D eigenvalue weighted by Gasteiger charge is 2.27. The van der Waals surface area contributed by atoms with Crippen LogP contribution in [0.1, 0.15) is 18.4 Å². The minimum Gasteiger partial charge on any atom is -0.497 e. The van der Waals surface area contributed by atoms with Gasteiger partial charge >= 0.3 is 0 Å². The fourth-order valence-corrected chi connectivity index (χ4v) is 4.02. The van der Waals surface area contributed by atoms with Crippen molar-refractivity contribution in [3.63, 3.8) is 0 Å². The van der Waals surface area contributed by atoms with Crippen molar-refractivity contribution >= 4 is 11.7 Å². The van der Waals surface area contributed by atoms with Crippen molar-refractivity contribution in [2.24, 2.45) is 5.92 Å². The molecule has 0 spiro atoms. The van der Waals surface area contributed by atoms with Crippen LogP contribution in [0.5, 0.6) is 11.5 Å². The molecular formula is C25H27FN4O3. The van der Waals surface area contributed by atoms with Gasteiger partial charge in [-0.2, -0.15) is 0 Å². The molecule has 1 atom stereocenters. The molecule has 3 aromatic rings. The molecule has 0 saturated carbocycles. The van der Waals surface area contributed by atoms with Crippen LogP contribution in [0, 0.1) is 11.7 Å². The number of anilines is 1. The number of aromatic nitrogens is 2. The summed E-state index contributed by atoms with van der Waals surface area (Å²) in [5.74, 6) is 2.08. The Morgan fingerprint density at radius 1 is 1.18 bits per heavy atom. The minimum absolute atomic E-state index is 0.00280. The molecule has 1 fully saturated rings. The molecule has 1 amide bonds. The summed E-state index contributed by atoms with van der Waals surface area (Å²) in [5, 5.41) is 3.04. The van der Waals surface area contributed by atoms with Crippen molar-refractivity contribution in [2.75, 3.05) is 32.2 Å². The van der Waals surface area contributed by atoms with Gasteiger partial charge in [0.25, 0.3) is 0 Å². The molecular weight excluding hydrogens is 423 g/mol. The van der Waals surface area contributed by atoms with Crippen LogP contribution in [-0.4, -0.2) is 43.2 Å². The van der Waals surface area contributed by atoms with Crippen molar-refractivity contribution in [2.45, 2.75) is 19.4 Å². The number of nitrogens with zero attached hydrogens (tertiary/aromatic N) is 3. The number of benzene rings is 2. The van der Waals surface area contributed by atoms with E-state index in [2.05, 4.69) is 20.2 Å². The van der Waals surface area contributed by atoms with E-state index in [-0.39, 0.29) is 17.6 Å². The van der Waals surface area contributed by atoms with E-state index in [0.717, 1.165) is 30.8 Å². The van der Waals surface area contributed by atoms with Crippen LogP contribution in [0.4, 0.5) is 10.2 Å². The van der Waals surface area contributed by atoms with E-state index in [0.29, 0.717) is 36.0 Å². The highest BCUT2D eigenvalue weighted by atomic mass is 19.1. The van der Waals surface area contributed by atoms with E-state index in [9.17, 15) is 9.18 Å². The van der Waals surface area contributed by atoms with Gasteiger partial charge in [-0.25, -0.2) is 14.4 Å². The van der Waals surface area contributed by atoms with E-state index in [1.807, 2.05) is 18.2 Å². The highest BCUT2D eigenvalue weighted by molar-refractivity contribution is 5.79. The largest absolute Gasteiger partial charge is 0.497 e. The summed E-state index contributed by atoms with van der Waals surface area (Å²) in [6.45, 7) is 1.74. The fraction of sp³-hybridized carbons (Fsp3) is 0.320. The molecule has 33 heavy (non-hydrogen) atoms. The van der Waals surface area contributed by atoms with Gasteiger partial charge < -0.3 is 19.7 Å². The number of methoxy groups -OCH3 is 2. The Bertz CT molecular complexity index is 1120. The topological polar surface area (TPSA) is 76.6 Å². The second kappa shape index (κ2) is 10.3. The Morgan fingerprint density at radius 2 is 2.06 bits per heavy atom. The number of nitrogens with one attached hydrogen (secondary N) is 1. The Kier molecular flexibility index (Phi) is 7.02. The molecule has 172 valence electrons. The molecule has 8 heteroatoms. The number of hydrogen-bond donors (Lipinski definition) is 1. The van der Waals surface area contributed by atoms with Crippen molar-refractivity contribution in [3.05, 3.63) is 66.1 Å². The zero-order chi connectivity index (χ0) is 23.2. The number of hydrogen-bond acceptors (Lipinski definition) is 6. The van der Waals surface area contributed by atoms with E-state index in [1.165, 1.54) is 12.1 Å². The summed E-state index contributed by atoms with van der Waals surface area (Å²) in [5.41, 5.74) is 1.51. The molecule has 1 unspecified atom stereocenters. The van der Waals surface area contributed by atoms with Crippen LogP contribution in [0.2, 0.25) is 0 Å². The molecule has 2 heterocycles. The lowest BCUT2D eigenvalue weighted by molar-refractivity contribution is -0.125. The van der Waals surface area contributed by atoms with Crippen LogP contribution in [0.25, 0.3) is 11.4 Å². The van der Waals surface area contributed by atoms with E-state index in [1.54, 1.807) is 38.6 Å². The van der Waals surface area contributed by atoms with Gasteiger partial charge in [-0.05, 0) is 43.2 Å². The molecule has 1 aliphatic rings. The fourth-order valence-electron chi connectivity index (χ4n) is 4.02. The highest BCUT2D eigenvalue weighted by Crippen LogP contribution is 2.26. The van der Waals surface area contributed by atoms with Crippen LogP contribution >= 0.6 is 0 Å². The van der Waals surface area contributed by atoms with Gasteiger partial charge in [-0.3, -0.25) is 4.79 Å². The van der Waals surface area contributed by atoms with Gasteiger partial charge in [0.05, 0.1) is 20.1 Å².